The monoisotopic (exact) mass is 385 g/mol. The van der Waals surface area contributed by atoms with Gasteiger partial charge in [0.05, 0.1) is 12.8 Å². The minimum Gasteiger partial charge on any atom is -0.497 e. The van der Waals surface area contributed by atoms with E-state index in [1.54, 1.807) is 19.4 Å². The summed E-state index contributed by atoms with van der Waals surface area (Å²) in [6, 6.07) is 13.6. The second kappa shape index (κ2) is 6.88. The Bertz CT molecular complexity index is 931. The van der Waals surface area contributed by atoms with Gasteiger partial charge in [-0.25, -0.2) is 5.43 Å². The Balaban J connectivity index is 1.79. The number of hydrogen-bond donors (Lipinski definition) is 2. The fraction of sp³-hybridized carbons (Fsp3) is 0.111. The molecule has 0 aliphatic carbocycles. The Morgan fingerprint density at radius 2 is 1.92 bits per heavy atom. The zero-order valence-corrected chi connectivity index (χ0v) is 14.8. The van der Waals surface area contributed by atoms with Crippen LogP contribution in [0.15, 0.2) is 58.2 Å². The third-order valence-corrected chi connectivity index (χ3v) is 4.14. The Labute approximate surface area is 147 Å². The van der Waals surface area contributed by atoms with Gasteiger partial charge in [-0.05, 0) is 63.5 Å². The number of rotatable bonds is 4. The molecule has 3 aromatic rings. The highest BCUT2D eigenvalue weighted by molar-refractivity contribution is 9.10. The number of halogens is 1. The molecule has 2 aromatic carbocycles. The van der Waals surface area contributed by atoms with Crippen molar-refractivity contribution in [3.8, 4) is 5.75 Å². The lowest BCUT2D eigenvalue weighted by atomic mass is 10.0. The third-order valence-electron chi connectivity index (χ3n) is 3.68. The SMILES string of the molecule is COc1ccc2cc(/C(C)=N\NC(=O)c3cc(Br)c[nH]3)ccc2c1. The number of aromatic nitrogens is 1. The number of nitrogens with zero attached hydrogens (tertiary/aromatic N) is 1. The zero-order valence-electron chi connectivity index (χ0n) is 13.3. The fourth-order valence-corrected chi connectivity index (χ4v) is 2.68. The van der Waals surface area contributed by atoms with E-state index in [0.29, 0.717) is 5.69 Å². The topological polar surface area (TPSA) is 66.5 Å². The van der Waals surface area contributed by atoms with Gasteiger partial charge in [-0.3, -0.25) is 4.79 Å². The second-order valence-electron chi connectivity index (χ2n) is 5.30. The summed E-state index contributed by atoms with van der Waals surface area (Å²) in [7, 11) is 1.65. The molecule has 1 amide bonds. The summed E-state index contributed by atoms with van der Waals surface area (Å²) in [5.41, 5.74) is 4.68. The van der Waals surface area contributed by atoms with E-state index in [1.807, 2.05) is 43.3 Å². The summed E-state index contributed by atoms with van der Waals surface area (Å²) in [5, 5.41) is 6.35. The van der Waals surface area contributed by atoms with Crippen LogP contribution in [-0.2, 0) is 0 Å². The Hall–Kier alpha value is -2.60. The van der Waals surface area contributed by atoms with E-state index in [4.69, 9.17) is 4.74 Å². The summed E-state index contributed by atoms with van der Waals surface area (Å²) in [6.45, 7) is 1.86. The third kappa shape index (κ3) is 3.49. The van der Waals surface area contributed by atoms with Crippen LogP contribution in [0.2, 0.25) is 0 Å². The number of aromatic amines is 1. The average molecular weight is 386 g/mol. The second-order valence-corrected chi connectivity index (χ2v) is 6.21. The van der Waals surface area contributed by atoms with E-state index in [9.17, 15) is 4.79 Å². The van der Waals surface area contributed by atoms with Crippen molar-refractivity contribution in [1.82, 2.24) is 10.4 Å². The summed E-state index contributed by atoms with van der Waals surface area (Å²) in [6.07, 6.45) is 1.70. The summed E-state index contributed by atoms with van der Waals surface area (Å²) >= 11 is 3.29. The molecule has 5 nitrogen and oxygen atoms in total. The standard InChI is InChI=1S/C18H16BrN3O2/c1-11(21-22-18(23)17-9-15(19)10-20-17)12-3-4-14-8-16(24-2)6-5-13(14)7-12/h3-10,20H,1-2H3,(H,22,23)/b21-11-. The Morgan fingerprint density at radius 3 is 2.62 bits per heavy atom. The van der Waals surface area contributed by atoms with Crippen LogP contribution in [0.3, 0.4) is 0 Å². The molecule has 6 heteroatoms. The fourth-order valence-electron chi connectivity index (χ4n) is 2.33. The quantitative estimate of drug-likeness (QED) is 0.524. The molecular weight excluding hydrogens is 370 g/mol. The first kappa shape index (κ1) is 16.3. The molecule has 2 N–H and O–H groups in total. The molecule has 24 heavy (non-hydrogen) atoms. The first-order valence-corrected chi connectivity index (χ1v) is 8.13. The van der Waals surface area contributed by atoms with Gasteiger partial charge in [-0.2, -0.15) is 5.10 Å². The van der Waals surface area contributed by atoms with Crippen LogP contribution in [0, 0.1) is 0 Å². The summed E-state index contributed by atoms with van der Waals surface area (Å²) in [5.74, 6) is 0.538. The Kier molecular flexibility index (Phi) is 4.66. The lowest BCUT2D eigenvalue weighted by Gasteiger charge is -2.06. The molecule has 0 saturated carbocycles. The van der Waals surface area contributed by atoms with Crippen molar-refractivity contribution in [3.63, 3.8) is 0 Å². The first-order chi connectivity index (χ1) is 11.6. The minimum absolute atomic E-state index is 0.287. The predicted molar refractivity (Wildman–Crippen MR) is 98.7 cm³/mol. The van der Waals surface area contributed by atoms with Crippen molar-refractivity contribution in [2.45, 2.75) is 6.92 Å². The molecule has 0 aliphatic heterocycles. The number of H-pyrrole nitrogens is 1. The van der Waals surface area contributed by atoms with Crippen molar-refractivity contribution in [2.75, 3.05) is 7.11 Å². The molecule has 0 aliphatic rings. The Morgan fingerprint density at radius 1 is 1.17 bits per heavy atom. The van der Waals surface area contributed by atoms with Gasteiger partial charge < -0.3 is 9.72 Å². The van der Waals surface area contributed by atoms with Gasteiger partial charge in [0.2, 0.25) is 0 Å². The number of carbonyl (C=O) groups excluding carboxylic acids is 1. The molecular formula is C18H16BrN3O2. The molecule has 0 saturated heterocycles. The minimum atomic E-state index is -0.287. The summed E-state index contributed by atoms with van der Waals surface area (Å²) in [4.78, 5) is 14.9. The number of fused-ring (bicyclic) bond motifs is 1. The van der Waals surface area contributed by atoms with Crippen molar-refractivity contribution in [2.24, 2.45) is 5.10 Å². The largest absolute Gasteiger partial charge is 0.497 e. The molecule has 122 valence electrons. The highest BCUT2D eigenvalue weighted by Crippen LogP contribution is 2.22. The van der Waals surface area contributed by atoms with E-state index in [0.717, 1.165) is 32.3 Å². The van der Waals surface area contributed by atoms with Gasteiger partial charge in [0.25, 0.3) is 5.91 Å². The van der Waals surface area contributed by atoms with E-state index >= 15 is 0 Å². The van der Waals surface area contributed by atoms with Gasteiger partial charge >= 0.3 is 0 Å². The normalized spacial score (nSPS) is 11.5. The molecule has 3 rings (SSSR count). The van der Waals surface area contributed by atoms with Gasteiger partial charge in [-0.15, -0.1) is 0 Å². The predicted octanol–water partition coefficient (Wildman–Crippen LogP) is 4.09. The molecule has 0 bridgehead atoms. The van der Waals surface area contributed by atoms with Crippen molar-refractivity contribution >= 4 is 38.3 Å². The lowest BCUT2D eigenvalue weighted by molar-refractivity contribution is 0.0950. The number of hydrazone groups is 1. The first-order valence-electron chi connectivity index (χ1n) is 7.33. The van der Waals surface area contributed by atoms with Crippen LogP contribution < -0.4 is 10.2 Å². The average Bonchev–Trinajstić information content (AvgIpc) is 3.04. The molecule has 1 heterocycles. The van der Waals surface area contributed by atoms with Crippen LogP contribution in [0.25, 0.3) is 10.8 Å². The van der Waals surface area contributed by atoms with E-state index < -0.39 is 0 Å². The number of carbonyl (C=O) groups is 1. The summed E-state index contributed by atoms with van der Waals surface area (Å²) < 4.78 is 6.05. The number of benzene rings is 2. The zero-order chi connectivity index (χ0) is 17.1. The van der Waals surface area contributed by atoms with Gasteiger partial charge in [0, 0.05) is 10.7 Å². The van der Waals surface area contributed by atoms with E-state index in [1.165, 1.54) is 0 Å². The number of nitrogens with one attached hydrogen (secondary N) is 2. The maximum atomic E-state index is 12.0. The van der Waals surface area contributed by atoms with Crippen molar-refractivity contribution in [1.29, 1.82) is 0 Å². The number of ether oxygens (including phenoxy) is 1. The molecule has 0 spiro atoms. The van der Waals surface area contributed by atoms with Gasteiger partial charge in [-0.1, -0.05) is 18.2 Å². The molecule has 0 radical (unpaired) electrons. The van der Waals surface area contributed by atoms with Crippen LogP contribution in [-0.4, -0.2) is 23.7 Å². The van der Waals surface area contributed by atoms with E-state index in [2.05, 4.69) is 31.4 Å². The maximum Gasteiger partial charge on any atom is 0.287 e. The molecule has 0 atom stereocenters. The van der Waals surface area contributed by atoms with Crippen molar-refractivity contribution < 1.29 is 9.53 Å². The highest BCUT2D eigenvalue weighted by atomic mass is 79.9. The molecule has 0 fully saturated rings. The van der Waals surface area contributed by atoms with Crippen LogP contribution in [0.4, 0.5) is 0 Å². The number of methoxy groups -OCH3 is 1. The van der Waals surface area contributed by atoms with Crippen LogP contribution >= 0.6 is 15.9 Å². The maximum absolute atomic E-state index is 12.0. The smallest absolute Gasteiger partial charge is 0.287 e. The number of amides is 1. The van der Waals surface area contributed by atoms with E-state index in [-0.39, 0.29) is 5.91 Å². The molecule has 0 unspecified atom stereocenters. The van der Waals surface area contributed by atoms with Crippen molar-refractivity contribution in [3.05, 3.63) is 64.4 Å². The van der Waals surface area contributed by atoms with Gasteiger partial charge in [0.15, 0.2) is 0 Å². The van der Waals surface area contributed by atoms with Crippen LogP contribution in [0.5, 0.6) is 5.75 Å². The van der Waals surface area contributed by atoms with Crippen LogP contribution in [0.1, 0.15) is 23.0 Å². The highest BCUT2D eigenvalue weighted by Gasteiger charge is 2.07. The van der Waals surface area contributed by atoms with Gasteiger partial charge in [0.1, 0.15) is 11.4 Å². The number of hydrogen-bond acceptors (Lipinski definition) is 3. The lowest BCUT2D eigenvalue weighted by Crippen LogP contribution is -2.19. The molecule has 1 aromatic heterocycles.